The smallest absolute Gasteiger partial charge is 0.170 e. The van der Waals surface area contributed by atoms with Crippen LogP contribution in [0.5, 0.6) is 5.75 Å². The topological polar surface area (TPSA) is 24.9 Å². The maximum Gasteiger partial charge on any atom is 0.170 e. The Morgan fingerprint density at radius 2 is 1.82 bits per heavy atom. The predicted octanol–water partition coefficient (Wildman–Crippen LogP) is 4.19. The molecule has 1 unspecified atom stereocenters. The molecule has 0 aromatic heterocycles. The number of hydrogen-bond acceptors (Lipinski definition) is 4. The van der Waals surface area contributed by atoms with Crippen molar-refractivity contribution >= 4 is 5.69 Å². The largest absolute Gasteiger partial charge is 0.369 e. The van der Waals surface area contributed by atoms with Gasteiger partial charge in [-0.2, -0.15) is 4.89 Å². The number of fused-ring (bicyclic) bond motifs is 2. The third-order valence-corrected chi connectivity index (χ3v) is 6.69. The van der Waals surface area contributed by atoms with Gasteiger partial charge >= 0.3 is 0 Å². The highest BCUT2D eigenvalue weighted by atomic mass is 17.2. The van der Waals surface area contributed by atoms with Crippen LogP contribution < -0.4 is 9.79 Å². The van der Waals surface area contributed by atoms with Gasteiger partial charge in [-0.3, -0.25) is 4.90 Å². The summed E-state index contributed by atoms with van der Waals surface area (Å²) in [6.45, 7) is 6.39. The predicted molar refractivity (Wildman–Crippen MR) is 112 cm³/mol. The van der Waals surface area contributed by atoms with Gasteiger partial charge in [0.05, 0.1) is 6.61 Å². The van der Waals surface area contributed by atoms with Crippen molar-refractivity contribution in [3.63, 3.8) is 0 Å². The quantitative estimate of drug-likeness (QED) is 0.729. The second-order valence-corrected chi connectivity index (χ2v) is 8.31. The van der Waals surface area contributed by atoms with Crippen molar-refractivity contribution in [2.45, 2.75) is 38.0 Å². The SMILES string of the molecule is c1ccc2c(c1)CCC2CCCN1CCN(c2cccc3c2CCOO3)CC1. The zero-order chi connectivity index (χ0) is 18.8. The van der Waals surface area contributed by atoms with E-state index >= 15 is 0 Å². The van der Waals surface area contributed by atoms with Gasteiger partial charge in [-0.1, -0.05) is 30.3 Å². The first-order valence-corrected chi connectivity index (χ1v) is 10.8. The van der Waals surface area contributed by atoms with E-state index < -0.39 is 0 Å². The molecule has 0 radical (unpaired) electrons. The lowest BCUT2D eigenvalue weighted by molar-refractivity contribution is -0.215. The van der Waals surface area contributed by atoms with E-state index in [-0.39, 0.29) is 0 Å². The molecule has 0 N–H and O–H groups in total. The summed E-state index contributed by atoms with van der Waals surface area (Å²) >= 11 is 0. The van der Waals surface area contributed by atoms with Crippen LogP contribution in [0.25, 0.3) is 0 Å². The van der Waals surface area contributed by atoms with Crippen molar-refractivity contribution < 1.29 is 9.78 Å². The minimum atomic E-state index is 0.647. The molecule has 28 heavy (non-hydrogen) atoms. The average Bonchev–Trinajstić information content (AvgIpc) is 3.17. The fourth-order valence-corrected chi connectivity index (χ4v) is 5.15. The number of aryl methyl sites for hydroxylation is 1. The summed E-state index contributed by atoms with van der Waals surface area (Å²) in [6.07, 6.45) is 6.20. The van der Waals surface area contributed by atoms with Crippen LogP contribution in [0.15, 0.2) is 42.5 Å². The highest BCUT2D eigenvalue weighted by Gasteiger charge is 2.24. The van der Waals surface area contributed by atoms with Gasteiger partial charge in [-0.05, 0) is 61.4 Å². The molecular weight excluding hydrogens is 348 g/mol. The Labute approximate surface area is 168 Å². The Bertz CT molecular complexity index is 814. The van der Waals surface area contributed by atoms with E-state index in [2.05, 4.69) is 46.2 Å². The van der Waals surface area contributed by atoms with Crippen molar-refractivity contribution in [2.24, 2.45) is 0 Å². The van der Waals surface area contributed by atoms with Crippen molar-refractivity contribution in [2.75, 3.05) is 44.2 Å². The second kappa shape index (κ2) is 8.14. The summed E-state index contributed by atoms with van der Waals surface area (Å²) < 4.78 is 0. The van der Waals surface area contributed by atoms with E-state index in [0.29, 0.717) is 6.61 Å². The van der Waals surface area contributed by atoms with Crippen LogP contribution in [0, 0.1) is 0 Å². The molecule has 0 amide bonds. The Hall–Kier alpha value is -2.04. The third kappa shape index (κ3) is 3.63. The number of nitrogens with zero attached hydrogens (tertiary/aromatic N) is 2. The number of rotatable bonds is 5. The molecule has 4 nitrogen and oxygen atoms in total. The Kier molecular flexibility index (Phi) is 5.24. The van der Waals surface area contributed by atoms with Gasteiger partial charge < -0.3 is 9.79 Å². The van der Waals surface area contributed by atoms with Crippen LogP contribution in [-0.2, 0) is 17.7 Å². The van der Waals surface area contributed by atoms with Gasteiger partial charge in [0.1, 0.15) is 0 Å². The molecule has 2 aromatic rings. The second-order valence-electron chi connectivity index (χ2n) is 8.31. The molecule has 0 bridgehead atoms. The number of hydrogen-bond donors (Lipinski definition) is 0. The lowest BCUT2D eigenvalue weighted by Crippen LogP contribution is -2.47. The summed E-state index contributed by atoms with van der Waals surface area (Å²) in [7, 11) is 0. The summed E-state index contributed by atoms with van der Waals surface area (Å²) in [4.78, 5) is 15.7. The zero-order valence-electron chi connectivity index (χ0n) is 16.6. The van der Waals surface area contributed by atoms with Crippen LogP contribution in [0.2, 0.25) is 0 Å². The van der Waals surface area contributed by atoms with Crippen LogP contribution in [0.1, 0.15) is 41.9 Å². The molecule has 4 heteroatoms. The highest BCUT2D eigenvalue weighted by molar-refractivity contribution is 5.60. The van der Waals surface area contributed by atoms with Crippen molar-refractivity contribution in [1.29, 1.82) is 0 Å². The van der Waals surface area contributed by atoms with Gasteiger partial charge in [0.2, 0.25) is 0 Å². The summed E-state index contributed by atoms with van der Waals surface area (Å²) in [5, 5.41) is 0. The molecule has 0 saturated carbocycles. The van der Waals surface area contributed by atoms with Gasteiger partial charge in [-0.15, -0.1) is 0 Å². The minimum absolute atomic E-state index is 0.647. The minimum Gasteiger partial charge on any atom is -0.369 e. The standard InChI is InChI=1S/C24H30N2O2/c1-2-7-21-19(5-1)10-11-20(21)6-4-13-25-14-16-26(17-15-25)23-8-3-9-24-22(23)12-18-27-28-24/h1-3,5,7-9,20H,4,6,10-18H2. The molecule has 0 spiro atoms. The molecule has 1 fully saturated rings. The summed E-state index contributed by atoms with van der Waals surface area (Å²) in [5.41, 5.74) is 5.85. The first-order valence-electron chi connectivity index (χ1n) is 10.8. The van der Waals surface area contributed by atoms with Crippen LogP contribution in [-0.4, -0.2) is 44.2 Å². The van der Waals surface area contributed by atoms with E-state index in [1.165, 1.54) is 43.5 Å². The third-order valence-electron chi connectivity index (χ3n) is 6.69. The van der Waals surface area contributed by atoms with Gasteiger partial charge in [0.15, 0.2) is 5.75 Å². The molecule has 148 valence electrons. The first kappa shape index (κ1) is 18.0. The maximum atomic E-state index is 5.37. The van der Waals surface area contributed by atoms with E-state index in [9.17, 15) is 0 Å². The fraction of sp³-hybridized carbons (Fsp3) is 0.500. The molecule has 3 aliphatic rings. The first-order chi connectivity index (χ1) is 13.9. The van der Waals surface area contributed by atoms with E-state index in [1.807, 2.05) is 6.07 Å². The number of benzene rings is 2. The van der Waals surface area contributed by atoms with Gasteiger partial charge in [0, 0.05) is 43.9 Å². The van der Waals surface area contributed by atoms with Gasteiger partial charge in [-0.25, -0.2) is 0 Å². The molecule has 5 rings (SSSR count). The number of anilines is 1. The Morgan fingerprint density at radius 1 is 0.929 bits per heavy atom. The van der Waals surface area contributed by atoms with Crippen molar-refractivity contribution in [1.82, 2.24) is 4.90 Å². The van der Waals surface area contributed by atoms with E-state index in [0.717, 1.165) is 44.3 Å². The van der Waals surface area contributed by atoms with Gasteiger partial charge in [0.25, 0.3) is 0 Å². The lowest BCUT2D eigenvalue weighted by atomic mass is 9.96. The van der Waals surface area contributed by atoms with E-state index in [4.69, 9.17) is 9.78 Å². The monoisotopic (exact) mass is 378 g/mol. The average molecular weight is 379 g/mol. The Balaban J connectivity index is 1.12. The molecule has 2 heterocycles. The van der Waals surface area contributed by atoms with Crippen molar-refractivity contribution in [3.8, 4) is 5.75 Å². The van der Waals surface area contributed by atoms with Crippen LogP contribution >= 0.6 is 0 Å². The molecule has 2 aromatic carbocycles. The number of piperazine rings is 1. The molecule has 2 aliphatic heterocycles. The summed E-state index contributed by atoms with van der Waals surface area (Å²) in [6, 6.07) is 15.4. The maximum absolute atomic E-state index is 5.37. The lowest BCUT2D eigenvalue weighted by Gasteiger charge is -2.37. The molecule has 1 aliphatic carbocycles. The fourth-order valence-electron chi connectivity index (χ4n) is 5.15. The Morgan fingerprint density at radius 3 is 2.75 bits per heavy atom. The highest BCUT2D eigenvalue weighted by Crippen LogP contribution is 2.36. The molecular formula is C24H30N2O2. The molecule has 1 atom stereocenters. The van der Waals surface area contributed by atoms with Crippen molar-refractivity contribution in [3.05, 3.63) is 59.2 Å². The van der Waals surface area contributed by atoms with E-state index in [1.54, 1.807) is 11.1 Å². The summed E-state index contributed by atoms with van der Waals surface area (Å²) in [5.74, 6) is 1.68. The zero-order valence-corrected chi connectivity index (χ0v) is 16.6. The van der Waals surface area contributed by atoms with Crippen LogP contribution in [0.4, 0.5) is 5.69 Å². The van der Waals surface area contributed by atoms with Crippen LogP contribution in [0.3, 0.4) is 0 Å². The normalized spacial score (nSPS) is 21.9. The molecule has 1 saturated heterocycles.